The molecule has 0 amide bonds. The van der Waals surface area contributed by atoms with Gasteiger partial charge in [-0.25, -0.2) is 0 Å². The lowest BCUT2D eigenvalue weighted by Gasteiger charge is -2.19. The Labute approximate surface area is 96.7 Å². The summed E-state index contributed by atoms with van der Waals surface area (Å²) in [6.45, 7) is 3.78. The van der Waals surface area contributed by atoms with E-state index in [4.69, 9.17) is 5.11 Å². The van der Waals surface area contributed by atoms with Crippen molar-refractivity contribution >= 4 is 11.7 Å². The number of carboxylic acids is 1. The van der Waals surface area contributed by atoms with Gasteiger partial charge in [-0.05, 0) is 30.5 Å². The molecule has 0 saturated heterocycles. The zero-order valence-corrected chi connectivity index (χ0v) is 10.3. The van der Waals surface area contributed by atoms with Crippen molar-refractivity contribution in [3.05, 3.63) is 29.3 Å². The molecular formula is C13H19NO2. The van der Waals surface area contributed by atoms with Crippen molar-refractivity contribution in [2.24, 2.45) is 5.92 Å². The van der Waals surface area contributed by atoms with Gasteiger partial charge in [-0.3, -0.25) is 4.79 Å². The van der Waals surface area contributed by atoms with E-state index in [1.807, 2.05) is 38.1 Å². The van der Waals surface area contributed by atoms with Crippen LogP contribution in [-0.2, 0) is 11.2 Å². The van der Waals surface area contributed by atoms with E-state index in [-0.39, 0.29) is 5.92 Å². The highest BCUT2D eigenvalue weighted by atomic mass is 16.4. The average Bonchev–Trinajstić information content (AvgIpc) is 2.20. The molecule has 0 aliphatic carbocycles. The number of aliphatic carboxylic acids is 1. The average molecular weight is 221 g/mol. The maximum Gasteiger partial charge on any atom is 0.306 e. The molecule has 1 aromatic carbocycles. The van der Waals surface area contributed by atoms with E-state index in [9.17, 15) is 4.79 Å². The Morgan fingerprint density at radius 3 is 2.56 bits per heavy atom. The summed E-state index contributed by atoms with van der Waals surface area (Å²) in [5, 5.41) is 8.91. The second-order valence-electron chi connectivity index (χ2n) is 4.47. The molecule has 1 aromatic rings. The van der Waals surface area contributed by atoms with E-state index in [1.165, 1.54) is 5.56 Å². The highest BCUT2D eigenvalue weighted by Crippen LogP contribution is 2.23. The zero-order chi connectivity index (χ0) is 12.3. The van der Waals surface area contributed by atoms with Crippen LogP contribution in [-0.4, -0.2) is 25.2 Å². The van der Waals surface area contributed by atoms with E-state index in [0.717, 1.165) is 11.3 Å². The Kier molecular flexibility index (Phi) is 3.93. The first-order valence-electron chi connectivity index (χ1n) is 5.41. The van der Waals surface area contributed by atoms with Crippen LogP contribution in [0.2, 0.25) is 0 Å². The van der Waals surface area contributed by atoms with E-state index in [2.05, 4.69) is 6.07 Å². The summed E-state index contributed by atoms with van der Waals surface area (Å²) in [6.07, 6.45) is 0.573. The first kappa shape index (κ1) is 12.6. The third-order valence-corrected chi connectivity index (χ3v) is 2.67. The molecular weight excluding hydrogens is 202 g/mol. The van der Waals surface area contributed by atoms with Crippen molar-refractivity contribution in [1.82, 2.24) is 0 Å². The number of hydrogen-bond acceptors (Lipinski definition) is 2. The Morgan fingerprint density at radius 2 is 2.06 bits per heavy atom. The second-order valence-corrected chi connectivity index (χ2v) is 4.47. The topological polar surface area (TPSA) is 40.5 Å². The minimum Gasteiger partial charge on any atom is -0.481 e. The second kappa shape index (κ2) is 5.01. The monoisotopic (exact) mass is 221 g/mol. The van der Waals surface area contributed by atoms with Crippen molar-refractivity contribution in [3.8, 4) is 0 Å². The summed E-state index contributed by atoms with van der Waals surface area (Å²) < 4.78 is 0. The van der Waals surface area contributed by atoms with E-state index < -0.39 is 5.97 Å². The minimum atomic E-state index is -0.745. The molecule has 1 N–H and O–H groups in total. The van der Waals surface area contributed by atoms with Gasteiger partial charge in [0.25, 0.3) is 0 Å². The number of hydrogen-bond donors (Lipinski definition) is 1. The lowest BCUT2D eigenvalue weighted by Crippen LogP contribution is -2.16. The molecule has 1 unspecified atom stereocenters. The number of anilines is 1. The number of benzene rings is 1. The van der Waals surface area contributed by atoms with Gasteiger partial charge in [0.1, 0.15) is 0 Å². The van der Waals surface area contributed by atoms with Gasteiger partial charge < -0.3 is 10.0 Å². The van der Waals surface area contributed by atoms with Crippen LogP contribution in [0.1, 0.15) is 18.1 Å². The van der Waals surface area contributed by atoms with Crippen molar-refractivity contribution in [2.75, 3.05) is 19.0 Å². The molecule has 0 spiro atoms. The smallest absolute Gasteiger partial charge is 0.306 e. The first-order chi connectivity index (χ1) is 7.41. The van der Waals surface area contributed by atoms with Crippen LogP contribution in [0.25, 0.3) is 0 Å². The lowest BCUT2D eigenvalue weighted by atomic mass is 9.98. The molecule has 0 aliphatic heterocycles. The standard InChI is InChI=1S/C13H19NO2/c1-9-5-6-11(8-10(2)13(15)16)12(7-9)14(3)4/h5-7,10H,8H2,1-4H3,(H,15,16). The number of carboxylic acid groups (broad SMARTS) is 1. The Bertz CT molecular complexity index is 386. The first-order valence-corrected chi connectivity index (χ1v) is 5.41. The quantitative estimate of drug-likeness (QED) is 0.848. The molecule has 0 heterocycles. The highest BCUT2D eigenvalue weighted by molar-refractivity contribution is 5.70. The molecule has 0 bridgehead atoms. The highest BCUT2D eigenvalue weighted by Gasteiger charge is 2.14. The lowest BCUT2D eigenvalue weighted by molar-refractivity contribution is -0.141. The van der Waals surface area contributed by atoms with Crippen molar-refractivity contribution < 1.29 is 9.90 Å². The van der Waals surface area contributed by atoms with Crippen molar-refractivity contribution in [2.45, 2.75) is 20.3 Å². The summed E-state index contributed by atoms with van der Waals surface area (Å²) in [7, 11) is 3.95. The number of nitrogens with zero attached hydrogens (tertiary/aromatic N) is 1. The fourth-order valence-electron chi connectivity index (χ4n) is 1.68. The summed E-state index contributed by atoms with van der Waals surface area (Å²) in [5.74, 6) is -1.09. The van der Waals surface area contributed by atoms with Gasteiger partial charge in [0, 0.05) is 19.8 Å². The van der Waals surface area contributed by atoms with Crippen LogP contribution in [0.4, 0.5) is 5.69 Å². The molecule has 0 fully saturated rings. The van der Waals surface area contributed by atoms with Crippen LogP contribution >= 0.6 is 0 Å². The minimum absolute atomic E-state index is 0.346. The van der Waals surface area contributed by atoms with Crippen LogP contribution in [0.15, 0.2) is 18.2 Å². The third kappa shape index (κ3) is 2.99. The SMILES string of the molecule is Cc1ccc(CC(C)C(=O)O)c(N(C)C)c1. The molecule has 88 valence electrons. The molecule has 3 heteroatoms. The summed E-state index contributed by atoms with van der Waals surface area (Å²) in [4.78, 5) is 12.9. The van der Waals surface area contributed by atoms with Crippen molar-refractivity contribution in [1.29, 1.82) is 0 Å². The maximum atomic E-state index is 10.8. The predicted molar refractivity (Wildman–Crippen MR) is 66.0 cm³/mol. The molecule has 1 atom stereocenters. The molecule has 0 aromatic heterocycles. The van der Waals surface area contributed by atoms with Gasteiger partial charge in [0.2, 0.25) is 0 Å². The fourth-order valence-corrected chi connectivity index (χ4v) is 1.68. The van der Waals surface area contributed by atoms with E-state index in [0.29, 0.717) is 6.42 Å². The summed E-state index contributed by atoms with van der Waals surface area (Å²) >= 11 is 0. The molecule has 3 nitrogen and oxygen atoms in total. The Balaban J connectivity index is 2.99. The Morgan fingerprint density at radius 1 is 1.44 bits per heavy atom. The molecule has 0 radical (unpaired) electrons. The number of rotatable bonds is 4. The van der Waals surface area contributed by atoms with Crippen LogP contribution in [0, 0.1) is 12.8 Å². The Hall–Kier alpha value is -1.51. The maximum absolute atomic E-state index is 10.8. The van der Waals surface area contributed by atoms with E-state index >= 15 is 0 Å². The zero-order valence-electron chi connectivity index (χ0n) is 10.3. The number of aryl methyl sites for hydroxylation is 1. The van der Waals surface area contributed by atoms with Gasteiger partial charge in [0.15, 0.2) is 0 Å². The van der Waals surface area contributed by atoms with Crippen LogP contribution < -0.4 is 4.90 Å². The molecule has 0 saturated carbocycles. The van der Waals surface area contributed by atoms with Crippen LogP contribution in [0.3, 0.4) is 0 Å². The largest absolute Gasteiger partial charge is 0.481 e. The van der Waals surface area contributed by atoms with Crippen molar-refractivity contribution in [3.63, 3.8) is 0 Å². The summed E-state index contributed by atoms with van der Waals surface area (Å²) in [6, 6.07) is 6.13. The van der Waals surface area contributed by atoms with Crippen LogP contribution in [0.5, 0.6) is 0 Å². The molecule has 16 heavy (non-hydrogen) atoms. The van der Waals surface area contributed by atoms with Gasteiger partial charge in [0.05, 0.1) is 5.92 Å². The molecule has 1 rings (SSSR count). The predicted octanol–water partition coefficient (Wildman–Crippen LogP) is 2.32. The summed E-state index contributed by atoms with van der Waals surface area (Å²) in [5.41, 5.74) is 3.38. The van der Waals surface area contributed by atoms with Gasteiger partial charge in [-0.1, -0.05) is 19.1 Å². The van der Waals surface area contributed by atoms with Gasteiger partial charge >= 0.3 is 5.97 Å². The van der Waals surface area contributed by atoms with E-state index in [1.54, 1.807) is 6.92 Å². The normalized spacial score (nSPS) is 12.2. The number of carbonyl (C=O) groups is 1. The third-order valence-electron chi connectivity index (χ3n) is 2.67. The van der Waals surface area contributed by atoms with Gasteiger partial charge in [-0.15, -0.1) is 0 Å². The fraction of sp³-hybridized carbons (Fsp3) is 0.462. The molecule has 0 aliphatic rings. The van der Waals surface area contributed by atoms with Gasteiger partial charge in [-0.2, -0.15) is 0 Å².